The molecule has 9 nitrogen and oxygen atoms in total. The lowest BCUT2D eigenvalue weighted by Gasteiger charge is -2.33. The number of imidazole rings is 1. The van der Waals surface area contributed by atoms with Crippen LogP contribution in [0.5, 0.6) is 0 Å². The van der Waals surface area contributed by atoms with Crippen molar-refractivity contribution in [1.82, 2.24) is 24.5 Å². The largest absolute Gasteiger partial charge is 0.444 e. The minimum Gasteiger partial charge on any atom is -0.444 e. The third-order valence-electron chi connectivity index (χ3n) is 7.48. The Balaban J connectivity index is 1.34. The van der Waals surface area contributed by atoms with Crippen molar-refractivity contribution in [3.8, 4) is 0 Å². The third-order valence-corrected chi connectivity index (χ3v) is 7.48. The van der Waals surface area contributed by atoms with E-state index in [0.29, 0.717) is 26.3 Å². The Morgan fingerprint density at radius 1 is 0.975 bits per heavy atom. The highest BCUT2D eigenvalue weighted by molar-refractivity contribution is 5.81. The standard InChI is InChI=1S/C31H36N6O3/c1-31(2,3)40-30(38)36-16-13-23(14-17-36)28-26(11-10-24-9-8-22-6-4-5-7-25(22)33-24)34-29-27(12-15-32-37(28)29)35-18-20-39-21-19-35/h4-12,15,23H,13-14,16-21H2,1-3H3. The summed E-state index contributed by atoms with van der Waals surface area (Å²) >= 11 is 0. The molecule has 0 aliphatic carbocycles. The van der Waals surface area contributed by atoms with Crippen LogP contribution in [0.25, 0.3) is 28.7 Å². The van der Waals surface area contributed by atoms with Gasteiger partial charge in [-0.25, -0.2) is 19.3 Å². The summed E-state index contributed by atoms with van der Waals surface area (Å²) in [4.78, 5) is 26.8. The maximum atomic E-state index is 12.7. The zero-order valence-electron chi connectivity index (χ0n) is 23.4. The number of pyridine rings is 1. The van der Waals surface area contributed by atoms with Crippen LogP contribution in [-0.4, -0.2) is 75.6 Å². The lowest BCUT2D eigenvalue weighted by molar-refractivity contribution is 0.0203. The molecule has 2 saturated heterocycles. The van der Waals surface area contributed by atoms with Gasteiger partial charge >= 0.3 is 6.09 Å². The molecular formula is C31H36N6O3. The number of hydrogen-bond acceptors (Lipinski definition) is 7. The molecule has 3 aromatic heterocycles. The van der Waals surface area contributed by atoms with Crippen molar-refractivity contribution in [1.29, 1.82) is 0 Å². The molecule has 40 heavy (non-hydrogen) atoms. The van der Waals surface area contributed by atoms with Crippen LogP contribution in [0.3, 0.4) is 0 Å². The Kier molecular flexibility index (Phi) is 7.14. The van der Waals surface area contributed by atoms with Gasteiger partial charge in [-0.3, -0.25) is 0 Å². The van der Waals surface area contributed by atoms with Crippen molar-refractivity contribution < 1.29 is 14.3 Å². The van der Waals surface area contributed by atoms with Crippen LogP contribution in [0, 0.1) is 0 Å². The summed E-state index contributed by atoms with van der Waals surface area (Å²) in [6.45, 7) is 10.0. The zero-order chi connectivity index (χ0) is 27.7. The van der Waals surface area contributed by atoms with E-state index in [1.807, 2.05) is 72.8 Å². The summed E-state index contributed by atoms with van der Waals surface area (Å²) in [5.41, 5.74) is 5.21. The molecule has 0 atom stereocenters. The normalized spacial score (nSPS) is 17.3. The second kappa shape index (κ2) is 10.9. The number of fused-ring (bicyclic) bond motifs is 2. The number of amides is 1. The van der Waals surface area contributed by atoms with Crippen LogP contribution in [0.1, 0.15) is 56.6 Å². The predicted molar refractivity (Wildman–Crippen MR) is 156 cm³/mol. The summed E-state index contributed by atoms with van der Waals surface area (Å²) in [5, 5.41) is 5.89. The number of carbonyl (C=O) groups excluding carboxylic acids is 1. The van der Waals surface area contributed by atoms with E-state index in [1.54, 1.807) is 0 Å². The van der Waals surface area contributed by atoms with Gasteiger partial charge in [0.2, 0.25) is 0 Å². The Bertz CT molecular complexity index is 1540. The van der Waals surface area contributed by atoms with Gasteiger partial charge in [-0.2, -0.15) is 5.10 Å². The predicted octanol–water partition coefficient (Wildman–Crippen LogP) is 5.40. The van der Waals surface area contributed by atoms with Crippen LogP contribution < -0.4 is 4.90 Å². The first-order chi connectivity index (χ1) is 19.4. The van der Waals surface area contributed by atoms with Gasteiger partial charge in [0.15, 0.2) is 5.65 Å². The Morgan fingerprint density at radius 2 is 1.75 bits per heavy atom. The maximum Gasteiger partial charge on any atom is 0.410 e. The summed E-state index contributed by atoms with van der Waals surface area (Å²) in [6, 6.07) is 14.3. The highest BCUT2D eigenvalue weighted by Crippen LogP contribution is 2.34. The number of piperidine rings is 1. The van der Waals surface area contributed by atoms with Gasteiger partial charge < -0.3 is 19.3 Å². The molecule has 0 N–H and O–H groups in total. The molecule has 2 fully saturated rings. The lowest BCUT2D eigenvalue weighted by Crippen LogP contribution is -2.41. The lowest BCUT2D eigenvalue weighted by atomic mass is 9.92. The van der Waals surface area contributed by atoms with Gasteiger partial charge in [-0.15, -0.1) is 0 Å². The van der Waals surface area contributed by atoms with E-state index < -0.39 is 5.60 Å². The molecule has 9 heteroatoms. The highest BCUT2D eigenvalue weighted by Gasteiger charge is 2.31. The van der Waals surface area contributed by atoms with Gasteiger partial charge in [-0.05, 0) is 64.0 Å². The molecule has 6 rings (SSSR count). The number of anilines is 1. The molecule has 0 unspecified atom stereocenters. The first-order valence-electron chi connectivity index (χ1n) is 14.1. The van der Waals surface area contributed by atoms with Crippen molar-refractivity contribution in [2.24, 2.45) is 0 Å². The first-order valence-corrected chi connectivity index (χ1v) is 14.1. The molecule has 2 aliphatic heterocycles. The van der Waals surface area contributed by atoms with Crippen molar-refractivity contribution >= 4 is 40.5 Å². The molecule has 0 spiro atoms. The van der Waals surface area contributed by atoms with Crippen LogP contribution in [0.4, 0.5) is 10.5 Å². The van der Waals surface area contributed by atoms with E-state index in [-0.39, 0.29) is 12.0 Å². The van der Waals surface area contributed by atoms with Crippen molar-refractivity contribution in [3.63, 3.8) is 0 Å². The molecule has 1 amide bonds. The Morgan fingerprint density at radius 3 is 2.52 bits per heavy atom. The number of para-hydroxylation sites is 1. The Labute approximate surface area is 234 Å². The SMILES string of the molecule is CC(C)(C)OC(=O)N1CCC(c2c(C=Cc3ccc4ccccc4n3)nc3c(N4CCOCC4)ccnn23)CC1. The van der Waals surface area contributed by atoms with Gasteiger partial charge in [0.25, 0.3) is 0 Å². The molecule has 0 radical (unpaired) electrons. The number of likely N-dealkylation sites (tertiary alicyclic amines) is 1. The summed E-state index contributed by atoms with van der Waals surface area (Å²) < 4.78 is 13.2. The van der Waals surface area contributed by atoms with Crippen LogP contribution in [-0.2, 0) is 9.47 Å². The van der Waals surface area contributed by atoms with Crippen molar-refractivity contribution in [2.45, 2.75) is 45.1 Å². The van der Waals surface area contributed by atoms with E-state index >= 15 is 0 Å². The van der Waals surface area contributed by atoms with E-state index in [1.165, 1.54) is 0 Å². The molecule has 0 bridgehead atoms. The second-order valence-electron chi connectivity index (χ2n) is 11.4. The first kappa shape index (κ1) is 26.3. The number of hydrogen-bond donors (Lipinski definition) is 0. The molecule has 5 heterocycles. The van der Waals surface area contributed by atoms with E-state index in [4.69, 9.17) is 24.5 Å². The highest BCUT2D eigenvalue weighted by atomic mass is 16.6. The summed E-state index contributed by atoms with van der Waals surface area (Å²) in [6.07, 6.45) is 7.32. The fourth-order valence-corrected chi connectivity index (χ4v) is 5.53. The summed E-state index contributed by atoms with van der Waals surface area (Å²) in [7, 11) is 0. The van der Waals surface area contributed by atoms with E-state index in [2.05, 4.69) is 23.1 Å². The number of morpholine rings is 1. The Hall–Kier alpha value is -3.98. The smallest absolute Gasteiger partial charge is 0.410 e. The van der Waals surface area contributed by atoms with Gasteiger partial charge in [0.05, 0.1) is 47.7 Å². The quantitative estimate of drug-likeness (QED) is 0.343. The summed E-state index contributed by atoms with van der Waals surface area (Å²) in [5.74, 6) is 0.199. The number of aromatic nitrogens is 4. The number of ether oxygens (including phenoxy) is 2. The van der Waals surface area contributed by atoms with E-state index in [0.717, 1.165) is 65.3 Å². The molecule has 4 aromatic rings. The molecule has 208 valence electrons. The molecular weight excluding hydrogens is 504 g/mol. The van der Waals surface area contributed by atoms with Crippen LogP contribution >= 0.6 is 0 Å². The van der Waals surface area contributed by atoms with Gasteiger partial charge in [0.1, 0.15) is 5.60 Å². The number of nitrogens with zero attached hydrogens (tertiary/aromatic N) is 6. The average Bonchev–Trinajstić information content (AvgIpc) is 3.34. The monoisotopic (exact) mass is 540 g/mol. The molecule has 1 aromatic carbocycles. The van der Waals surface area contributed by atoms with E-state index in [9.17, 15) is 4.79 Å². The van der Waals surface area contributed by atoms with Crippen LogP contribution in [0.15, 0.2) is 48.7 Å². The second-order valence-corrected chi connectivity index (χ2v) is 11.4. The minimum atomic E-state index is -0.510. The van der Waals surface area contributed by atoms with Crippen molar-refractivity contribution in [3.05, 3.63) is 65.7 Å². The fourth-order valence-electron chi connectivity index (χ4n) is 5.53. The minimum absolute atomic E-state index is 0.199. The average molecular weight is 541 g/mol. The maximum absolute atomic E-state index is 12.7. The van der Waals surface area contributed by atoms with Crippen LogP contribution in [0.2, 0.25) is 0 Å². The van der Waals surface area contributed by atoms with Gasteiger partial charge in [0, 0.05) is 37.5 Å². The fraction of sp³-hybridized carbons (Fsp3) is 0.419. The van der Waals surface area contributed by atoms with Crippen molar-refractivity contribution in [2.75, 3.05) is 44.3 Å². The number of rotatable bonds is 4. The number of carbonyl (C=O) groups is 1. The molecule has 2 aliphatic rings. The topological polar surface area (TPSA) is 85.1 Å². The zero-order valence-corrected chi connectivity index (χ0v) is 23.4. The number of benzene rings is 1. The molecule has 0 saturated carbocycles. The van der Waals surface area contributed by atoms with Gasteiger partial charge in [-0.1, -0.05) is 24.3 Å². The third kappa shape index (κ3) is 5.51.